The Kier molecular flexibility index (Phi) is 6.80. The van der Waals surface area contributed by atoms with Crippen molar-refractivity contribution in [2.24, 2.45) is 0 Å². The molecule has 164 valence electrons. The average Bonchev–Trinajstić information content (AvgIpc) is 3.27. The minimum absolute atomic E-state index is 0.0982. The van der Waals surface area contributed by atoms with Gasteiger partial charge in [0.15, 0.2) is 0 Å². The molecule has 0 atom stereocenters. The Morgan fingerprint density at radius 2 is 1.72 bits per heavy atom. The van der Waals surface area contributed by atoms with Gasteiger partial charge in [-0.1, -0.05) is 65.4 Å². The number of carbonyl (C=O) groups excluding carboxylic acids is 1. The zero-order valence-electron chi connectivity index (χ0n) is 16.8. The van der Waals surface area contributed by atoms with E-state index in [-0.39, 0.29) is 16.0 Å². The van der Waals surface area contributed by atoms with E-state index >= 15 is 0 Å². The largest absolute Gasteiger partial charge is 0.296 e. The van der Waals surface area contributed by atoms with E-state index in [2.05, 4.69) is 44.5 Å². The molecule has 1 aromatic heterocycles. The highest BCUT2D eigenvalue weighted by atomic mass is 35.5. The number of amides is 1. The van der Waals surface area contributed by atoms with Crippen molar-refractivity contribution in [1.29, 1.82) is 0 Å². The molecule has 32 heavy (non-hydrogen) atoms. The van der Waals surface area contributed by atoms with Gasteiger partial charge in [-0.15, -0.1) is 10.2 Å². The molecule has 0 radical (unpaired) electrons. The molecule has 2 N–H and O–H groups in total. The lowest BCUT2D eigenvalue weighted by atomic mass is 10.0. The van der Waals surface area contributed by atoms with Crippen molar-refractivity contribution in [2.75, 3.05) is 11.9 Å². The summed E-state index contributed by atoms with van der Waals surface area (Å²) in [6, 6.07) is 20.5. The van der Waals surface area contributed by atoms with Crippen molar-refractivity contribution in [3.05, 3.63) is 82.9 Å². The predicted molar refractivity (Wildman–Crippen MR) is 127 cm³/mol. The minimum Gasteiger partial charge on any atom is -0.296 e. The summed E-state index contributed by atoms with van der Waals surface area (Å²) in [4.78, 5) is 12.2. The first kappa shape index (κ1) is 22.3. The first-order valence-corrected chi connectivity index (χ1v) is 12.5. The molecule has 1 heterocycles. The summed E-state index contributed by atoms with van der Waals surface area (Å²) in [5.41, 5.74) is 1.55. The van der Waals surface area contributed by atoms with Gasteiger partial charge in [-0.25, -0.2) is 13.1 Å². The molecule has 3 aromatic carbocycles. The maximum atomic E-state index is 12.5. The van der Waals surface area contributed by atoms with Crippen LogP contribution in [0.1, 0.15) is 22.3 Å². The fourth-order valence-corrected chi connectivity index (χ4v) is 5.33. The predicted octanol–water partition coefficient (Wildman–Crippen LogP) is 4.51. The average molecular weight is 487 g/mol. The molecule has 0 fully saturated rings. The maximum Gasteiger partial charge on any atom is 0.269 e. The monoisotopic (exact) mass is 486 g/mol. The van der Waals surface area contributed by atoms with Crippen LogP contribution in [0.3, 0.4) is 0 Å². The lowest BCUT2D eigenvalue weighted by Gasteiger charge is -2.07. The number of fused-ring (bicyclic) bond motifs is 1. The van der Waals surface area contributed by atoms with Gasteiger partial charge in [0, 0.05) is 17.1 Å². The normalized spacial score (nSPS) is 11.5. The molecule has 0 spiro atoms. The Hall–Kier alpha value is -2.85. The second kappa shape index (κ2) is 9.74. The molecule has 7 nitrogen and oxygen atoms in total. The Morgan fingerprint density at radius 3 is 2.53 bits per heavy atom. The van der Waals surface area contributed by atoms with Gasteiger partial charge in [-0.2, -0.15) is 0 Å². The summed E-state index contributed by atoms with van der Waals surface area (Å²) in [6.07, 6.45) is 1.37. The van der Waals surface area contributed by atoms with Gasteiger partial charge >= 0.3 is 0 Å². The van der Waals surface area contributed by atoms with Crippen molar-refractivity contribution in [3.8, 4) is 0 Å². The molecule has 0 aliphatic rings. The van der Waals surface area contributed by atoms with Crippen molar-refractivity contribution in [1.82, 2.24) is 14.9 Å². The zero-order chi connectivity index (χ0) is 22.6. The number of nitrogens with zero attached hydrogens (tertiary/aromatic N) is 2. The van der Waals surface area contributed by atoms with E-state index in [1.165, 1.54) is 10.9 Å². The van der Waals surface area contributed by atoms with Crippen molar-refractivity contribution >= 4 is 54.8 Å². The number of halogens is 1. The van der Waals surface area contributed by atoms with Crippen LogP contribution < -0.4 is 10.0 Å². The lowest BCUT2D eigenvalue weighted by molar-refractivity contribution is 0.102. The molecule has 0 aliphatic heterocycles. The van der Waals surface area contributed by atoms with Crippen LogP contribution in [0.4, 0.5) is 5.13 Å². The summed E-state index contributed by atoms with van der Waals surface area (Å²) < 4.78 is 27.4. The number of anilines is 1. The highest BCUT2D eigenvalue weighted by Gasteiger charge is 2.20. The van der Waals surface area contributed by atoms with Gasteiger partial charge in [0.05, 0.1) is 0 Å². The van der Waals surface area contributed by atoms with Gasteiger partial charge in [-0.3, -0.25) is 10.1 Å². The number of aromatic nitrogens is 2. The summed E-state index contributed by atoms with van der Waals surface area (Å²) in [5, 5.41) is 13.0. The highest BCUT2D eigenvalue weighted by molar-refractivity contribution is 7.91. The molecule has 0 saturated carbocycles. The third kappa shape index (κ3) is 5.31. The van der Waals surface area contributed by atoms with Crippen LogP contribution in [0.2, 0.25) is 5.02 Å². The van der Waals surface area contributed by atoms with Crippen LogP contribution in [0.25, 0.3) is 10.8 Å². The van der Waals surface area contributed by atoms with E-state index in [0.29, 0.717) is 17.0 Å². The number of sulfonamides is 1. The van der Waals surface area contributed by atoms with E-state index in [1.54, 1.807) is 24.3 Å². The number of rotatable bonds is 8. The maximum absolute atomic E-state index is 12.5. The summed E-state index contributed by atoms with van der Waals surface area (Å²) in [6.45, 7) is 0.262. The Morgan fingerprint density at radius 1 is 0.969 bits per heavy atom. The fraction of sp³-hybridized carbons (Fsp3) is 0.136. The SMILES string of the molecule is O=C(Nc1nnc(S(=O)(=O)NCCCc2cccc3ccccc23)s1)c1ccc(Cl)cc1. The molecule has 4 rings (SSSR count). The number of nitrogens with one attached hydrogen (secondary N) is 2. The second-order valence-electron chi connectivity index (χ2n) is 6.97. The van der Waals surface area contributed by atoms with Crippen molar-refractivity contribution in [2.45, 2.75) is 17.2 Å². The van der Waals surface area contributed by atoms with E-state index in [1.807, 2.05) is 18.2 Å². The summed E-state index contributed by atoms with van der Waals surface area (Å²) in [7, 11) is -3.82. The van der Waals surface area contributed by atoms with Crippen LogP contribution >= 0.6 is 22.9 Å². The van der Waals surface area contributed by atoms with Gasteiger partial charge in [0.1, 0.15) is 0 Å². The fourth-order valence-electron chi connectivity index (χ4n) is 3.20. The molecule has 0 aliphatic carbocycles. The van der Waals surface area contributed by atoms with Crippen LogP contribution in [-0.2, 0) is 16.4 Å². The highest BCUT2D eigenvalue weighted by Crippen LogP contribution is 2.22. The molecular weight excluding hydrogens is 468 g/mol. The quantitative estimate of drug-likeness (QED) is 0.282. The number of benzene rings is 3. The number of hydrogen-bond acceptors (Lipinski definition) is 6. The topological polar surface area (TPSA) is 101 Å². The van der Waals surface area contributed by atoms with Crippen molar-refractivity contribution in [3.63, 3.8) is 0 Å². The first-order valence-electron chi connectivity index (χ1n) is 9.79. The van der Waals surface area contributed by atoms with Crippen LogP contribution in [0, 0.1) is 0 Å². The number of carbonyl (C=O) groups is 1. The zero-order valence-corrected chi connectivity index (χ0v) is 19.2. The van der Waals surface area contributed by atoms with Gasteiger partial charge in [-0.05, 0) is 53.4 Å². The standard InChI is InChI=1S/C22H19ClN4O3S2/c23-18-12-10-17(11-13-18)20(28)25-21-26-27-22(31-21)32(29,30)24-14-4-8-16-7-3-6-15-5-1-2-9-19(15)16/h1-3,5-7,9-13,24H,4,8,14H2,(H,25,26,28). The first-order chi connectivity index (χ1) is 15.4. The number of aryl methyl sites for hydroxylation is 1. The van der Waals surface area contributed by atoms with Gasteiger partial charge in [0.2, 0.25) is 9.47 Å². The van der Waals surface area contributed by atoms with Gasteiger partial charge in [0.25, 0.3) is 15.9 Å². The van der Waals surface area contributed by atoms with E-state index in [4.69, 9.17) is 11.6 Å². The lowest BCUT2D eigenvalue weighted by Crippen LogP contribution is -2.25. The van der Waals surface area contributed by atoms with Crippen LogP contribution in [0.5, 0.6) is 0 Å². The Balaban J connectivity index is 1.33. The molecular formula is C22H19ClN4O3S2. The molecule has 10 heteroatoms. The Labute approximate surface area is 194 Å². The third-order valence-corrected chi connectivity index (χ3v) is 7.68. The van der Waals surface area contributed by atoms with E-state index in [0.717, 1.165) is 23.1 Å². The smallest absolute Gasteiger partial charge is 0.269 e. The molecule has 0 saturated heterocycles. The van der Waals surface area contributed by atoms with E-state index < -0.39 is 15.9 Å². The number of hydrogen-bond donors (Lipinski definition) is 2. The summed E-state index contributed by atoms with van der Waals surface area (Å²) >= 11 is 6.61. The second-order valence-corrected chi connectivity index (χ2v) is 10.3. The van der Waals surface area contributed by atoms with Crippen molar-refractivity contribution < 1.29 is 13.2 Å². The van der Waals surface area contributed by atoms with E-state index in [9.17, 15) is 13.2 Å². The van der Waals surface area contributed by atoms with Crippen LogP contribution in [0.15, 0.2) is 71.1 Å². The third-order valence-electron chi connectivity index (χ3n) is 4.76. The van der Waals surface area contributed by atoms with Crippen LogP contribution in [-0.4, -0.2) is 31.1 Å². The van der Waals surface area contributed by atoms with Gasteiger partial charge < -0.3 is 0 Å². The minimum atomic E-state index is -3.82. The Bertz CT molecular complexity index is 1350. The molecule has 0 unspecified atom stereocenters. The molecule has 0 bridgehead atoms. The molecule has 1 amide bonds. The molecule has 4 aromatic rings. The summed E-state index contributed by atoms with van der Waals surface area (Å²) in [5.74, 6) is -0.426.